The highest BCUT2D eigenvalue weighted by atomic mass is 16.5. The molecule has 22 heavy (non-hydrogen) atoms. The molecule has 0 radical (unpaired) electrons. The molecule has 0 unspecified atom stereocenters. The number of rotatable bonds is 6. The molecule has 0 saturated carbocycles. The van der Waals surface area contributed by atoms with E-state index in [0.29, 0.717) is 18.6 Å². The van der Waals surface area contributed by atoms with Crippen molar-refractivity contribution in [1.82, 2.24) is 0 Å². The SMILES string of the molecule is CCOC(=O)C=Cc1ccc(C(=O)Cc2ccccc2)cc1. The predicted molar refractivity (Wildman–Crippen MR) is 86.6 cm³/mol. The minimum absolute atomic E-state index is 0.0760. The van der Waals surface area contributed by atoms with Crippen LogP contribution in [-0.2, 0) is 16.0 Å². The number of hydrogen-bond donors (Lipinski definition) is 0. The fourth-order valence-corrected chi connectivity index (χ4v) is 2.02. The highest BCUT2D eigenvalue weighted by Crippen LogP contribution is 2.10. The molecule has 0 N–H and O–H groups in total. The van der Waals surface area contributed by atoms with Crippen LogP contribution in [0.1, 0.15) is 28.4 Å². The Labute approximate surface area is 130 Å². The summed E-state index contributed by atoms with van der Waals surface area (Å²) in [5, 5.41) is 0. The molecule has 0 heterocycles. The Bertz CT molecular complexity index is 655. The molecule has 2 aromatic rings. The number of carbonyl (C=O) groups is 2. The lowest BCUT2D eigenvalue weighted by Gasteiger charge is -2.02. The van der Waals surface area contributed by atoms with E-state index < -0.39 is 0 Å². The lowest BCUT2D eigenvalue weighted by atomic mass is 10.0. The minimum atomic E-state index is -0.369. The zero-order valence-electron chi connectivity index (χ0n) is 12.5. The van der Waals surface area contributed by atoms with Crippen molar-refractivity contribution < 1.29 is 14.3 Å². The quantitative estimate of drug-likeness (QED) is 0.463. The zero-order valence-corrected chi connectivity index (χ0v) is 12.5. The van der Waals surface area contributed by atoms with Crippen LogP contribution in [0.5, 0.6) is 0 Å². The minimum Gasteiger partial charge on any atom is -0.463 e. The van der Waals surface area contributed by atoms with Crippen LogP contribution >= 0.6 is 0 Å². The molecule has 0 atom stereocenters. The molecule has 0 fully saturated rings. The second-order valence-electron chi connectivity index (χ2n) is 4.79. The third-order valence-corrected chi connectivity index (χ3v) is 3.14. The molecule has 3 nitrogen and oxygen atoms in total. The largest absolute Gasteiger partial charge is 0.463 e. The summed E-state index contributed by atoms with van der Waals surface area (Å²) in [6, 6.07) is 16.8. The summed E-state index contributed by atoms with van der Waals surface area (Å²) >= 11 is 0. The maximum atomic E-state index is 12.2. The van der Waals surface area contributed by atoms with Crippen LogP contribution in [0, 0.1) is 0 Å². The van der Waals surface area contributed by atoms with Gasteiger partial charge in [-0.2, -0.15) is 0 Å². The molecular formula is C19H18O3. The van der Waals surface area contributed by atoms with Crippen LogP contribution < -0.4 is 0 Å². The number of Topliss-reactive ketones (excluding diaryl/α,β-unsaturated/α-hetero) is 1. The van der Waals surface area contributed by atoms with Crippen molar-refractivity contribution in [1.29, 1.82) is 0 Å². The molecule has 2 rings (SSSR count). The van der Waals surface area contributed by atoms with Gasteiger partial charge < -0.3 is 4.74 Å². The van der Waals surface area contributed by atoms with Crippen molar-refractivity contribution >= 4 is 17.8 Å². The topological polar surface area (TPSA) is 43.4 Å². The highest BCUT2D eigenvalue weighted by molar-refractivity contribution is 5.97. The number of esters is 1. The van der Waals surface area contributed by atoms with Gasteiger partial charge >= 0.3 is 5.97 Å². The summed E-state index contributed by atoms with van der Waals surface area (Å²) in [5.41, 5.74) is 2.51. The van der Waals surface area contributed by atoms with E-state index in [1.165, 1.54) is 6.08 Å². The molecule has 0 aliphatic rings. The van der Waals surface area contributed by atoms with Crippen LogP contribution in [0.3, 0.4) is 0 Å². The Morgan fingerprint density at radius 3 is 2.32 bits per heavy atom. The molecule has 2 aromatic carbocycles. The van der Waals surface area contributed by atoms with Crippen LogP contribution in [0.15, 0.2) is 60.7 Å². The molecule has 0 amide bonds. The van der Waals surface area contributed by atoms with Gasteiger partial charge in [0.25, 0.3) is 0 Å². The maximum absolute atomic E-state index is 12.2. The summed E-state index contributed by atoms with van der Waals surface area (Å²) in [7, 11) is 0. The van der Waals surface area contributed by atoms with Gasteiger partial charge in [0.1, 0.15) is 0 Å². The molecular weight excluding hydrogens is 276 g/mol. The lowest BCUT2D eigenvalue weighted by molar-refractivity contribution is -0.137. The number of hydrogen-bond acceptors (Lipinski definition) is 3. The molecule has 3 heteroatoms. The summed E-state index contributed by atoms with van der Waals surface area (Å²) in [6.45, 7) is 2.12. The third kappa shape index (κ3) is 4.70. The standard InChI is InChI=1S/C19H18O3/c1-2-22-19(21)13-10-15-8-11-17(12-9-15)18(20)14-16-6-4-3-5-7-16/h3-13H,2,14H2,1H3. The van der Waals surface area contributed by atoms with Gasteiger partial charge in [0.05, 0.1) is 6.61 Å². The van der Waals surface area contributed by atoms with E-state index in [1.54, 1.807) is 25.1 Å². The van der Waals surface area contributed by atoms with E-state index >= 15 is 0 Å². The first-order valence-electron chi connectivity index (χ1n) is 7.21. The Balaban J connectivity index is 1.99. The van der Waals surface area contributed by atoms with Gasteiger partial charge in [-0.05, 0) is 24.1 Å². The second kappa shape index (κ2) is 7.93. The van der Waals surface area contributed by atoms with Gasteiger partial charge in [-0.3, -0.25) is 4.79 Å². The predicted octanol–water partition coefficient (Wildman–Crippen LogP) is 3.69. The smallest absolute Gasteiger partial charge is 0.330 e. The zero-order chi connectivity index (χ0) is 15.8. The van der Waals surface area contributed by atoms with Gasteiger partial charge in [0.15, 0.2) is 5.78 Å². The molecule has 112 valence electrons. The van der Waals surface area contributed by atoms with Crippen LogP contribution in [0.25, 0.3) is 6.08 Å². The van der Waals surface area contributed by atoms with Crippen LogP contribution in [0.2, 0.25) is 0 Å². The van der Waals surface area contributed by atoms with Gasteiger partial charge in [0.2, 0.25) is 0 Å². The Hall–Kier alpha value is -2.68. The summed E-state index contributed by atoms with van der Waals surface area (Å²) in [5.74, 6) is -0.293. The van der Waals surface area contributed by atoms with E-state index in [4.69, 9.17) is 4.74 Å². The highest BCUT2D eigenvalue weighted by Gasteiger charge is 2.06. The summed E-state index contributed by atoms with van der Waals surface area (Å²) < 4.78 is 4.81. The molecule has 0 aliphatic heterocycles. The van der Waals surface area contributed by atoms with E-state index in [1.807, 2.05) is 42.5 Å². The fourth-order valence-electron chi connectivity index (χ4n) is 2.02. The van der Waals surface area contributed by atoms with Crippen molar-refractivity contribution in [2.45, 2.75) is 13.3 Å². The van der Waals surface area contributed by atoms with Gasteiger partial charge in [-0.25, -0.2) is 4.79 Å². The fraction of sp³-hybridized carbons (Fsp3) is 0.158. The molecule has 0 aromatic heterocycles. The van der Waals surface area contributed by atoms with E-state index in [-0.39, 0.29) is 11.8 Å². The van der Waals surface area contributed by atoms with Gasteiger partial charge in [-0.1, -0.05) is 54.6 Å². The Kier molecular flexibility index (Phi) is 5.66. The number of benzene rings is 2. The van der Waals surface area contributed by atoms with Crippen molar-refractivity contribution in [3.63, 3.8) is 0 Å². The van der Waals surface area contributed by atoms with Gasteiger partial charge in [0, 0.05) is 18.1 Å². The molecule has 0 spiro atoms. The number of ether oxygens (including phenoxy) is 1. The average molecular weight is 294 g/mol. The Morgan fingerprint density at radius 2 is 1.68 bits per heavy atom. The van der Waals surface area contributed by atoms with Crippen molar-refractivity contribution in [2.75, 3.05) is 6.61 Å². The average Bonchev–Trinajstić information content (AvgIpc) is 2.54. The lowest BCUT2D eigenvalue weighted by Crippen LogP contribution is -2.03. The second-order valence-corrected chi connectivity index (χ2v) is 4.79. The maximum Gasteiger partial charge on any atom is 0.330 e. The third-order valence-electron chi connectivity index (χ3n) is 3.14. The first kappa shape index (κ1) is 15.7. The van der Waals surface area contributed by atoms with E-state index in [0.717, 1.165) is 11.1 Å². The number of ketones is 1. The van der Waals surface area contributed by atoms with E-state index in [9.17, 15) is 9.59 Å². The molecule has 0 saturated heterocycles. The summed E-state index contributed by atoms with van der Waals surface area (Å²) in [4.78, 5) is 23.4. The van der Waals surface area contributed by atoms with Crippen molar-refractivity contribution in [2.24, 2.45) is 0 Å². The van der Waals surface area contributed by atoms with Crippen molar-refractivity contribution in [3.05, 3.63) is 77.4 Å². The van der Waals surface area contributed by atoms with Gasteiger partial charge in [-0.15, -0.1) is 0 Å². The molecule has 0 bridgehead atoms. The summed E-state index contributed by atoms with van der Waals surface area (Å²) in [6.07, 6.45) is 3.44. The number of carbonyl (C=O) groups excluding carboxylic acids is 2. The molecule has 0 aliphatic carbocycles. The van der Waals surface area contributed by atoms with Crippen LogP contribution in [0.4, 0.5) is 0 Å². The van der Waals surface area contributed by atoms with Crippen molar-refractivity contribution in [3.8, 4) is 0 Å². The van der Waals surface area contributed by atoms with Crippen LogP contribution in [-0.4, -0.2) is 18.4 Å². The first-order valence-corrected chi connectivity index (χ1v) is 7.21. The monoisotopic (exact) mass is 294 g/mol. The first-order chi connectivity index (χ1) is 10.7. The van der Waals surface area contributed by atoms with E-state index in [2.05, 4.69) is 0 Å². The normalized spacial score (nSPS) is 10.6. The Morgan fingerprint density at radius 1 is 1.00 bits per heavy atom.